The Bertz CT molecular complexity index is 467. The van der Waals surface area contributed by atoms with Gasteiger partial charge in [-0.05, 0) is 18.1 Å². The van der Waals surface area contributed by atoms with Crippen LogP contribution in [0.3, 0.4) is 0 Å². The van der Waals surface area contributed by atoms with Gasteiger partial charge in [0.15, 0.2) is 6.23 Å². The molecule has 1 amide bonds. The van der Waals surface area contributed by atoms with Gasteiger partial charge in [-0.3, -0.25) is 10.1 Å². The van der Waals surface area contributed by atoms with Crippen LogP contribution in [0.2, 0.25) is 0 Å². The predicted molar refractivity (Wildman–Crippen MR) is 77.5 cm³/mol. The van der Waals surface area contributed by atoms with Gasteiger partial charge in [0, 0.05) is 24.8 Å². The third-order valence-corrected chi connectivity index (χ3v) is 3.61. The molecule has 2 rings (SSSR count). The summed E-state index contributed by atoms with van der Waals surface area (Å²) in [7, 11) is 0. The van der Waals surface area contributed by atoms with Crippen molar-refractivity contribution in [3.8, 4) is 5.75 Å². The van der Waals surface area contributed by atoms with E-state index in [9.17, 15) is 4.79 Å². The highest BCUT2D eigenvalue weighted by Gasteiger charge is 2.23. The molecule has 1 unspecified atom stereocenters. The number of fused-ring (bicyclic) bond motifs is 1. The van der Waals surface area contributed by atoms with Crippen molar-refractivity contribution in [2.45, 2.75) is 25.1 Å². The molecule has 0 aliphatic carbocycles. The summed E-state index contributed by atoms with van der Waals surface area (Å²) in [6, 6.07) is 5.45. The van der Waals surface area contributed by atoms with Crippen molar-refractivity contribution >= 4 is 18.5 Å². The predicted octanol–water partition coefficient (Wildman–Crippen LogP) is 0.283. The number of carbonyl (C=O) groups excluding carboxylic acids is 1. The largest absolute Gasteiger partial charge is 0.474 e. The number of primary amides is 1. The lowest BCUT2D eigenvalue weighted by Gasteiger charge is -2.28. The smallest absolute Gasteiger partial charge is 0.252 e. The zero-order chi connectivity index (χ0) is 13.8. The molecule has 0 aromatic heterocycles. The number of ether oxygens (including phenoxy) is 1. The van der Waals surface area contributed by atoms with E-state index in [1.165, 1.54) is 0 Å². The van der Waals surface area contributed by atoms with Gasteiger partial charge in [0.1, 0.15) is 5.75 Å². The maximum absolute atomic E-state index is 11.4. The average molecular weight is 281 g/mol. The van der Waals surface area contributed by atoms with Gasteiger partial charge in [-0.15, -0.1) is 0 Å². The van der Waals surface area contributed by atoms with Crippen molar-refractivity contribution in [3.63, 3.8) is 0 Å². The third-order valence-electron chi connectivity index (χ3n) is 3.14. The highest BCUT2D eigenvalue weighted by Crippen LogP contribution is 2.30. The van der Waals surface area contributed by atoms with E-state index in [-0.39, 0.29) is 12.3 Å². The second-order valence-electron chi connectivity index (χ2n) is 4.65. The van der Waals surface area contributed by atoms with Crippen LogP contribution in [0.25, 0.3) is 0 Å². The average Bonchev–Trinajstić information content (AvgIpc) is 2.43. The number of amides is 1. The molecule has 19 heavy (non-hydrogen) atoms. The topological polar surface area (TPSA) is 90.4 Å². The summed E-state index contributed by atoms with van der Waals surface area (Å²) in [4.78, 5) is 11.4. The summed E-state index contributed by atoms with van der Waals surface area (Å²) >= 11 is 4.13. The summed E-state index contributed by atoms with van der Waals surface area (Å²) in [5.74, 6) is 0.741. The SMILES string of the molecule is NC(=O)c1cccc2c1OC(NC[C@@H](N)CS)CC2. The summed E-state index contributed by atoms with van der Waals surface area (Å²) in [6.07, 6.45) is 1.55. The van der Waals surface area contributed by atoms with Crippen LogP contribution < -0.4 is 21.5 Å². The second-order valence-corrected chi connectivity index (χ2v) is 5.02. The van der Waals surface area contributed by atoms with Crippen LogP contribution in [0.5, 0.6) is 5.75 Å². The molecule has 1 aromatic rings. The number of nitrogens with one attached hydrogen (secondary N) is 1. The van der Waals surface area contributed by atoms with Crippen LogP contribution in [0.4, 0.5) is 0 Å². The minimum Gasteiger partial charge on any atom is -0.474 e. The van der Waals surface area contributed by atoms with E-state index in [4.69, 9.17) is 16.2 Å². The van der Waals surface area contributed by atoms with Crippen molar-refractivity contribution in [1.29, 1.82) is 0 Å². The van der Waals surface area contributed by atoms with Gasteiger partial charge >= 0.3 is 0 Å². The van der Waals surface area contributed by atoms with Gasteiger partial charge in [0.25, 0.3) is 5.91 Å². The fourth-order valence-electron chi connectivity index (χ4n) is 2.09. The summed E-state index contributed by atoms with van der Waals surface area (Å²) < 4.78 is 5.83. The first-order valence-corrected chi connectivity index (χ1v) is 6.93. The molecule has 5 N–H and O–H groups in total. The van der Waals surface area contributed by atoms with Gasteiger partial charge in [0.2, 0.25) is 0 Å². The second kappa shape index (κ2) is 6.27. The zero-order valence-electron chi connectivity index (χ0n) is 10.6. The van der Waals surface area contributed by atoms with Crippen LogP contribution in [-0.4, -0.2) is 30.5 Å². The molecule has 0 fully saturated rings. The molecular weight excluding hydrogens is 262 g/mol. The fourth-order valence-corrected chi connectivity index (χ4v) is 2.22. The molecule has 0 saturated carbocycles. The molecule has 6 heteroatoms. The Morgan fingerprint density at radius 2 is 2.37 bits per heavy atom. The molecule has 5 nitrogen and oxygen atoms in total. The normalized spacial score (nSPS) is 19.4. The van der Waals surface area contributed by atoms with Crippen LogP contribution in [0, 0.1) is 0 Å². The summed E-state index contributed by atoms with van der Waals surface area (Å²) in [6.45, 7) is 0.627. The quantitative estimate of drug-likeness (QED) is 0.584. The van der Waals surface area contributed by atoms with Crippen LogP contribution in [-0.2, 0) is 6.42 Å². The third kappa shape index (κ3) is 3.40. The van der Waals surface area contributed by atoms with Crippen molar-refractivity contribution in [1.82, 2.24) is 5.32 Å². The number of para-hydroxylation sites is 1. The number of hydrogen-bond donors (Lipinski definition) is 4. The van der Waals surface area contributed by atoms with Gasteiger partial charge in [-0.2, -0.15) is 12.6 Å². The number of thiol groups is 1. The van der Waals surface area contributed by atoms with Gasteiger partial charge in [0.05, 0.1) is 5.56 Å². The number of nitrogens with two attached hydrogens (primary N) is 2. The molecule has 2 atom stereocenters. The molecule has 104 valence electrons. The first-order chi connectivity index (χ1) is 9.11. The Balaban J connectivity index is 2.08. The molecule has 1 aromatic carbocycles. The van der Waals surface area contributed by atoms with E-state index in [1.807, 2.05) is 12.1 Å². The zero-order valence-corrected chi connectivity index (χ0v) is 11.5. The summed E-state index contributed by atoms with van der Waals surface area (Å²) in [5.41, 5.74) is 12.6. The minimum atomic E-state index is -0.468. The molecule has 1 heterocycles. The maximum atomic E-state index is 11.4. The first kappa shape index (κ1) is 14.2. The Morgan fingerprint density at radius 3 is 3.05 bits per heavy atom. The number of carbonyl (C=O) groups is 1. The van der Waals surface area contributed by atoms with E-state index in [0.717, 1.165) is 18.4 Å². The number of benzene rings is 1. The van der Waals surface area contributed by atoms with Gasteiger partial charge < -0.3 is 16.2 Å². The minimum absolute atomic E-state index is 0.0142. The van der Waals surface area contributed by atoms with Gasteiger partial charge in [-0.1, -0.05) is 12.1 Å². The number of aryl methyl sites for hydroxylation is 1. The molecule has 0 spiro atoms. The van der Waals surface area contributed by atoms with E-state index in [0.29, 0.717) is 23.6 Å². The Labute approximate surface area is 118 Å². The highest BCUT2D eigenvalue weighted by atomic mass is 32.1. The lowest BCUT2D eigenvalue weighted by atomic mass is 10.0. The monoisotopic (exact) mass is 281 g/mol. The van der Waals surface area contributed by atoms with Crippen molar-refractivity contribution in [3.05, 3.63) is 29.3 Å². The van der Waals surface area contributed by atoms with E-state index < -0.39 is 5.91 Å². The standard InChI is InChI=1S/C13H19N3O2S/c14-9(7-19)6-16-11-5-4-8-2-1-3-10(13(15)17)12(8)18-11/h1-3,9,11,16,19H,4-7,14H2,(H2,15,17)/t9-,11?/m1/s1. The Kier molecular flexibility index (Phi) is 4.68. The van der Waals surface area contributed by atoms with Crippen LogP contribution in [0.1, 0.15) is 22.3 Å². The molecular formula is C13H19N3O2S. The maximum Gasteiger partial charge on any atom is 0.252 e. The van der Waals surface area contributed by atoms with Crippen molar-refractivity contribution < 1.29 is 9.53 Å². The molecule has 0 radical (unpaired) electrons. The lowest BCUT2D eigenvalue weighted by molar-refractivity contribution is 0.0980. The Morgan fingerprint density at radius 1 is 1.58 bits per heavy atom. The van der Waals surface area contributed by atoms with Crippen molar-refractivity contribution in [2.75, 3.05) is 12.3 Å². The van der Waals surface area contributed by atoms with E-state index in [2.05, 4.69) is 17.9 Å². The molecule has 1 aliphatic rings. The Hall–Kier alpha value is -1.24. The summed E-state index contributed by atoms with van der Waals surface area (Å²) in [5, 5.41) is 3.23. The molecule has 0 saturated heterocycles. The van der Waals surface area contributed by atoms with Crippen molar-refractivity contribution in [2.24, 2.45) is 11.5 Å². The van der Waals surface area contributed by atoms with Crippen LogP contribution >= 0.6 is 12.6 Å². The van der Waals surface area contributed by atoms with E-state index >= 15 is 0 Å². The van der Waals surface area contributed by atoms with Crippen LogP contribution in [0.15, 0.2) is 18.2 Å². The lowest BCUT2D eigenvalue weighted by Crippen LogP contribution is -2.44. The number of rotatable bonds is 5. The molecule has 0 bridgehead atoms. The fraction of sp³-hybridized carbons (Fsp3) is 0.462. The molecule has 1 aliphatic heterocycles. The highest BCUT2D eigenvalue weighted by molar-refractivity contribution is 7.80. The number of hydrogen-bond acceptors (Lipinski definition) is 5. The first-order valence-electron chi connectivity index (χ1n) is 6.30. The van der Waals surface area contributed by atoms with E-state index in [1.54, 1.807) is 6.07 Å². The van der Waals surface area contributed by atoms with Gasteiger partial charge in [-0.25, -0.2) is 0 Å².